The maximum atomic E-state index is 11.9. The van der Waals surface area contributed by atoms with Crippen LogP contribution in [-0.2, 0) is 14.3 Å². The van der Waals surface area contributed by atoms with Crippen molar-refractivity contribution >= 4 is 23.3 Å². The van der Waals surface area contributed by atoms with E-state index in [-0.39, 0.29) is 24.5 Å². The number of ether oxygens (including phenoxy) is 2. The number of carbonyl (C=O) groups excluding carboxylic acids is 3. The van der Waals surface area contributed by atoms with Crippen LogP contribution in [0, 0.1) is 0 Å². The molecule has 0 aliphatic carbocycles. The molecule has 1 aliphatic heterocycles. The Morgan fingerprint density at radius 2 is 2.10 bits per heavy atom. The maximum absolute atomic E-state index is 11.9. The number of rotatable bonds is 4. The maximum Gasteiger partial charge on any atom is 0.305 e. The summed E-state index contributed by atoms with van der Waals surface area (Å²) >= 11 is 0. The molecule has 0 saturated heterocycles. The average molecular weight is 277 g/mol. The van der Waals surface area contributed by atoms with Gasteiger partial charge in [-0.15, -0.1) is 0 Å². The van der Waals surface area contributed by atoms with Crippen molar-refractivity contribution in [2.75, 3.05) is 12.4 Å². The first-order valence-electron chi connectivity index (χ1n) is 6.23. The second-order valence-corrected chi connectivity index (χ2v) is 4.46. The second-order valence-electron chi connectivity index (χ2n) is 4.46. The summed E-state index contributed by atoms with van der Waals surface area (Å²) in [5.74, 6) is -0.342. The summed E-state index contributed by atoms with van der Waals surface area (Å²) in [5, 5.41) is 2.67. The molecule has 6 heteroatoms. The summed E-state index contributed by atoms with van der Waals surface area (Å²) in [7, 11) is 1.28. The van der Waals surface area contributed by atoms with Crippen molar-refractivity contribution in [3.63, 3.8) is 0 Å². The number of fused-ring (bicyclic) bond motifs is 1. The van der Waals surface area contributed by atoms with Crippen LogP contribution < -0.4 is 10.1 Å². The third-order valence-electron chi connectivity index (χ3n) is 3.02. The second kappa shape index (κ2) is 5.73. The van der Waals surface area contributed by atoms with Gasteiger partial charge < -0.3 is 14.8 Å². The van der Waals surface area contributed by atoms with Crippen LogP contribution in [-0.4, -0.2) is 30.9 Å². The molecule has 1 unspecified atom stereocenters. The Morgan fingerprint density at radius 1 is 1.35 bits per heavy atom. The first-order valence-corrected chi connectivity index (χ1v) is 6.23. The summed E-state index contributed by atoms with van der Waals surface area (Å²) < 4.78 is 9.88. The lowest BCUT2D eigenvalue weighted by Gasteiger charge is -2.23. The number of esters is 1. The largest absolute Gasteiger partial charge is 0.479 e. The fourth-order valence-electron chi connectivity index (χ4n) is 1.84. The smallest absolute Gasteiger partial charge is 0.305 e. The molecular formula is C14H15NO5. The van der Waals surface area contributed by atoms with Crippen molar-refractivity contribution < 1.29 is 23.9 Å². The van der Waals surface area contributed by atoms with E-state index < -0.39 is 12.1 Å². The van der Waals surface area contributed by atoms with Gasteiger partial charge in [-0.05, 0) is 25.1 Å². The number of Topliss-reactive ketones (excluding diaryl/α,β-unsaturated/α-hetero) is 1. The minimum atomic E-state index is -0.552. The Bertz CT molecular complexity index is 567. The minimum absolute atomic E-state index is 0.0340. The topological polar surface area (TPSA) is 81.7 Å². The molecule has 1 N–H and O–H groups in total. The summed E-state index contributed by atoms with van der Waals surface area (Å²) in [6.07, 6.45) is -0.452. The van der Waals surface area contributed by atoms with Gasteiger partial charge in [-0.25, -0.2) is 0 Å². The molecule has 0 spiro atoms. The van der Waals surface area contributed by atoms with Crippen LogP contribution in [0.5, 0.6) is 5.75 Å². The monoisotopic (exact) mass is 277 g/mol. The Morgan fingerprint density at radius 3 is 2.80 bits per heavy atom. The molecule has 0 bridgehead atoms. The Labute approximate surface area is 116 Å². The van der Waals surface area contributed by atoms with Crippen LogP contribution >= 0.6 is 0 Å². The lowest BCUT2D eigenvalue weighted by Crippen LogP contribution is -2.34. The van der Waals surface area contributed by atoms with E-state index in [0.717, 1.165) is 0 Å². The van der Waals surface area contributed by atoms with Gasteiger partial charge in [0.25, 0.3) is 5.91 Å². The fraction of sp³-hybridized carbons (Fsp3) is 0.357. The molecule has 0 radical (unpaired) electrons. The van der Waals surface area contributed by atoms with E-state index in [0.29, 0.717) is 17.0 Å². The number of nitrogens with one attached hydrogen (secondary N) is 1. The van der Waals surface area contributed by atoms with E-state index in [2.05, 4.69) is 10.1 Å². The SMILES string of the molecule is COC(=O)CCC(=O)c1ccc2c(c1)NC(=O)C(C)O2. The van der Waals surface area contributed by atoms with Crippen molar-refractivity contribution in [1.82, 2.24) is 0 Å². The zero-order valence-electron chi connectivity index (χ0n) is 11.3. The molecule has 106 valence electrons. The van der Waals surface area contributed by atoms with Gasteiger partial charge in [0.15, 0.2) is 11.9 Å². The van der Waals surface area contributed by atoms with Crippen LogP contribution in [0.15, 0.2) is 18.2 Å². The number of hydrogen-bond acceptors (Lipinski definition) is 5. The van der Waals surface area contributed by atoms with Gasteiger partial charge in [-0.1, -0.05) is 0 Å². The normalized spacial score (nSPS) is 16.7. The van der Waals surface area contributed by atoms with E-state index in [9.17, 15) is 14.4 Å². The minimum Gasteiger partial charge on any atom is -0.479 e. The number of hydrogen-bond donors (Lipinski definition) is 1. The molecule has 0 fully saturated rings. The van der Waals surface area contributed by atoms with Crippen LogP contribution in [0.25, 0.3) is 0 Å². The van der Waals surface area contributed by atoms with Crippen LogP contribution in [0.4, 0.5) is 5.69 Å². The summed E-state index contributed by atoms with van der Waals surface area (Å²) in [6, 6.07) is 4.80. The zero-order chi connectivity index (χ0) is 14.7. The first kappa shape index (κ1) is 14.0. The highest BCUT2D eigenvalue weighted by atomic mass is 16.5. The molecule has 1 aliphatic rings. The summed E-state index contributed by atoms with van der Waals surface area (Å²) in [6.45, 7) is 1.65. The number of amides is 1. The zero-order valence-corrected chi connectivity index (χ0v) is 11.3. The highest BCUT2D eigenvalue weighted by Gasteiger charge is 2.24. The Hall–Kier alpha value is -2.37. The number of anilines is 1. The molecule has 1 amide bonds. The van der Waals surface area contributed by atoms with Crippen LogP contribution in [0.3, 0.4) is 0 Å². The molecule has 0 saturated carbocycles. The fourth-order valence-corrected chi connectivity index (χ4v) is 1.84. The molecule has 1 aromatic rings. The number of ketones is 1. The van der Waals surface area contributed by atoms with Gasteiger partial charge in [0.2, 0.25) is 0 Å². The van der Waals surface area contributed by atoms with Gasteiger partial charge in [-0.2, -0.15) is 0 Å². The quantitative estimate of drug-likeness (QED) is 0.667. The number of benzene rings is 1. The molecule has 1 heterocycles. The predicted octanol–water partition coefficient (Wildman–Crippen LogP) is 1.54. The van der Waals surface area contributed by atoms with E-state index in [4.69, 9.17) is 4.74 Å². The van der Waals surface area contributed by atoms with Gasteiger partial charge in [0.05, 0.1) is 19.2 Å². The highest BCUT2D eigenvalue weighted by Crippen LogP contribution is 2.30. The van der Waals surface area contributed by atoms with Gasteiger partial charge in [0.1, 0.15) is 5.75 Å². The third kappa shape index (κ3) is 2.96. The van der Waals surface area contributed by atoms with Gasteiger partial charge in [0, 0.05) is 12.0 Å². The average Bonchev–Trinajstić information content (AvgIpc) is 2.45. The lowest BCUT2D eigenvalue weighted by atomic mass is 10.0. The third-order valence-corrected chi connectivity index (χ3v) is 3.02. The summed E-state index contributed by atoms with van der Waals surface area (Å²) in [5.41, 5.74) is 0.892. The van der Waals surface area contributed by atoms with Gasteiger partial charge >= 0.3 is 5.97 Å². The molecule has 1 aromatic carbocycles. The van der Waals surface area contributed by atoms with E-state index in [1.165, 1.54) is 7.11 Å². The lowest BCUT2D eigenvalue weighted by molar-refractivity contribution is -0.140. The van der Waals surface area contributed by atoms with Crippen molar-refractivity contribution in [3.05, 3.63) is 23.8 Å². The van der Waals surface area contributed by atoms with Crippen LogP contribution in [0.1, 0.15) is 30.1 Å². The number of carbonyl (C=O) groups is 3. The van der Waals surface area contributed by atoms with Crippen molar-refractivity contribution in [2.45, 2.75) is 25.9 Å². The molecular weight excluding hydrogens is 262 g/mol. The molecule has 6 nitrogen and oxygen atoms in total. The van der Waals surface area contributed by atoms with E-state index >= 15 is 0 Å². The van der Waals surface area contributed by atoms with E-state index in [1.54, 1.807) is 25.1 Å². The molecule has 2 rings (SSSR count). The van der Waals surface area contributed by atoms with Crippen molar-refractivity contribution in [1.29, 1.82) is 0 Å². The van der Waals surface area contributed by atoms with Crippen LogP contribution in [0.2, 0.25) is 0 Å². The van der Waals surface area contributed by atoms with Crippen molar-refractivity contribution in [2.24, 2.45) is 0 Å². The standard InChI is InChI=1S/C14H15NO5/c1-8-14(18)15-10-7-9(3-5-12(10)20-8)11(16)4-6-13(17)19-2/h3,5,7-8H,4,6H2,1-2H3,(H,15,18). The molecule has 1 atom stereocenters. The predicted molar refractivity (Wildman–Crippen MR) is 70.7 cm³/mol. The molecule has 20 heavy (non-hydrogen) atoms. The van der Waals surface area contributed by atoms with Gasteiger partial charge in [-0.3, -0.25) is 14.4 Å². The number of methoxy groups -OCH3 is 1. The summed E-state index contributed by atoms with van der Waals surface area (Å²) in [4.78, 5) is 34.5. The Balaban J connectivity index is 2.11. The first-order chi connectivity index (χ1) is 9.51. The van der Waals surface area contributed by atoms with E-state index in [1.807, 2.05) is 0 Å². The Kier molecular flexibility index (Phi) is 4.02. The molecule has 0 aromatic heterocycles. The van der Waals surface area contributed by atoms with Crippen molar-refractivity contribution in [3.8, 4) is 5.75 Å². The highest BCUT2D eigenvalue weighted by molar-refractivity contribution is 6.02.